The highest BCUT2D eigenvalue weighted by Crippen LogP contribution is 1.96. The maximum atomic E-state index is 5.49. The molecule has 1 N–H and O–H groups in total. The van der Waals surface area contributed by atoms with E-state index in [1.165, 1.54) is 0 Å². The van der Waals surface area contributed by atoms with Crippen LogP contribution in [0.25, 0.3) is 0 Å². The Morgan fingerprint density at radius 1 is 1.33 bits per heavy atom. The largest absolute Gasteiger partial charge is 0.385 e. The van der Waals surface area contributed by atoms with Gasteiger partial charge in [0.25, 0.3) is 0 Å². The van der Waals surface area contributed by atoms with E-state index in [1.54, 1.807) is 7.11 Å². The maximum Gasteiger partial charge on any atom is 0.0762 e. The molecule has 0 saturated carbocycles. The van der Waals surface area contributed by atoms with Crippen LogP contribution in [0.3, 0.4) is 0 Å². The summed E-state index contributed by atoms with van der Waals surface area (Å²) in [7, 11) is 1.70. The molecule has 18 heavy (non-hydrogen) atoms. The first-order valence-electron chi connectivity index (χ1n) is 6.54. The summed E-state index contributed by atoms with van der Waals surface area (Å²) >= 11 is 0. The molecule has 1 heterocycles. The highest BCUT2D eigenvalue weighted by Gasteiger charge is 2.00. The minimum Gasteiger partial charge on any atom is -0.385 e. The van der Waals surface area contributed by atoms with Crippen LogP contribution in [0.5, 0.6) is 0 Å². The van der Waals surface area contributed by atoms with Crippen LogP contribution in [0, 0.1) is 0 Å². The van der Waals surface area contributed by atoms with Gasteiger partial charge in [0.15, 0.2) is 0 Å². The normalized spacial score (nSPS) is 11.3. The standard InChI is InChI=1S/C13H25N3O2/c1-12(2)14-11-13-5-6-16(15-13)7-10-18-9-4-8-17-3/h5-6,12,14H,4,7-11H2,1-3H3. The average molecular weight is 255 g/mol. The minimum absolute atomic E-state index is 0.485. The van der Waals surface area contributed by atoms with E-state index in [1.807, 2.05) is 16.9 Å². The Morgan fingerprint density at radius 3 is 2.89 bits per heavy atom. The first kappa shape index (κ1) is 15.1. The number of aromatic nitrogens is 2. The van der Waals surface area contributed by atoms with Crippen LogP contribution in [0.15, 0.2) is 12.3 Å². The summed E-state index contributed by atoms with van der Waals surface area (Å²) in [5, 5.41) is 7.81. The summed E-state index contributed by atoms with van der Waals surface area (Å²) in [5.74, 6) is 0. The van der Waals surface area contributed by atoms with Gasteiger partial charge in [0.05, 0.1) is 18.8 Å². The van der Waals surface area contributed by atoms with Crippen LogP contribution in [-0.4, -0.2) is 42.8 Å². The Kier molecular flexibility index (Phi) is 7.64. The van der Waals surface area contributed by atoms with E-state index >= 15 is 0 Å². The second-order valence-corrected chi connectivity index (χ2v) is 4.56. The first-order chi connectivity index (χ1) is 8.72. The summed E-state index contributed by atoms with van der Waals surface area (Å²) in [6.45, 7) is 8.08. The number of nitrogens with zero attached hydrogens (tertiary/aromatic N) is 2. The predicted molar refractivity (Wildman–Crippen MR) is 71.5 cm³/mol. The third kappa shape index (κ3) is 6.74. The zero-order chi connectivity index (χ0) is 13.2. The Bertz CT molecular complexity index is 313. The SMILES string of the molecule is COCCCOCCn1ccc(CNC(C)C)n1. The number of rotatable bonds is 10. The van der Waals surface area contributed by atoms with Crippen molar-refractivity contribution in [3.63, 3.8) is 0 Å². The number of methoxy groups -OCH3 is 1. The molecule has 0 amide bonds. The molecule has 5 nitrogen and oxygen atoms in total. The summed E-state index contributed by atoms with van der Waals surface area (Å²) in [4.78, 5) is 0. The molecular weight excluding hydrogens is 230 g/mol. The fourth-order valence-corrected chi connectivity index (χ4v) is 1.50. The number of nitrogens with one attached hydrogen (secondary N) is 1. The average Bonchev–Trinajstić information content (AvgIpc) is 2.79. The molecule has 0 bridgehead atoms. The van der Waals surface area contributed by atoms with E-state index in [0.717, 1.165) is 38.4 Å². The van der Waals surface area contributed by atoms with Gasteiger partial charge in [-0.3, -0.25) is 4.68 Å². The molecule has 0 aliphatic rings. The second-order valence-electron chi connectivity index (χ2n) is 4.56. The summed E-state index contributed by atoms with van der Waals surface area (Å²) in [6.07, 6.45) is 2.94. The quantitative estimate of drug-likeness (QED) is 0.643. The van der Waals surface area contributed by atoms with Crippen LogP contribution >= 0.6 is 0 Å². The summed E-state index contributed by atoms with van der Waals surface area (Å²) in [6, 6.07) is 2.53. The van der Waals surface area contributed by atoms with E-state index in [-0.39, 0.29) is 0 Å². The number of ether oxygens (including phenoxy) is 2. The van der Waals surface area contributed by atoms with Crippen molar-refractivity contribution in [2.24, 2.45) is 0 Å². The Hall–Kier alpha value is -0.910. The van der Waals surface area contributed by atoms with Crippen LogP contribution in [-0.2, 0) is 22.6 Å². The van der Waals surface area contributed by atoms with Gasteiger partial charge in [0.2, 0.25) is 0 Å². The van der Waals surface area contributed by atoms with E-state index < -0.39 is 0 Å². The molecule has 0 spiro atoms. The lowest BCUT2D eigenvalue weighted by Gasteiger charge is -2.06. The van der Waals surface area contributed by atoms with Gasteiger partial charge >= 0.3 is 0 Å². The van der Waals surface area contributed by atoms with E-state index in [2.05, 4.69) is 24.3 Å². The van der Waals surface area contributed by atoms with Crippen LogP contribution < -0.4 is 5.32 Å². The minimum atomic E-state index is 0.485. The van der Waals surface area contributed by atoms with Gasteiger partial charge in [-0.05, 0) is 12.5 Å². The predicted octanol–water partition coefficient (Wildman–Crippen LogP) is 1.43. The van der Waals surface area contributed by atoms with Gasteiger partial charge in [-0.25, -0.2) is 0 Å². The molecule has 0 fully saturated rings. The highest BCUT2D eigenvalue weighted by atomic mass is 16.5. The number of hydrogen-bond acceptors (Lipinski definition) is 4. The molecule has 1 rings (SSSR count). The Balaban J connectivity index is 2.11. The van der Waals surface area contributed by atoms with Crippen molar-refractivity contribution < 1.29 is 9.47 Å². The zero-order valence-corrected chi connectivity index (χ0v) is 11.7. The molecule has 0 aromatic carbocycles. The van der Waals surface area contributed by atoms with Crippen molar-refractivity contribution in [1.82, 2.24) is 15.1 Å². The molecular formula is C13H25N3O2. The molecule has 0 radical (unpaired) electrons. The van der Waals surface area contributed by atoms with Crippen molar-refractivity contribution in [2.45, 2.75) is 39.4 Å². The molecule has 1 aromatic heterocycles. The second kappa shape index (κ2) is 9.08. The van der Waals surface area contributed by atoms with Gasteiger partial charge in [-0.1, -0.05) is 13.8 Å². The molecule has 0 saturated heterocycles. The lowest BCUT2D eigenvalue weighted by atomic mass is 10.3. The van der Waals surface area contributed by atoms with Crippen LogP contribution in [0.4, 0.5) is 0 Å². The van der Waals surface area contributed by atoms with E-state index in [4.69, 9.17) is 9.47 Å². The smallest absolute Gasteiger partial charge is 0.0762 e. The fraction of sp³-hybridized carbons (Fsp3) is 0.769. The van der Waals surface area contributed by atoms with Gasteiger partial charge in [-0.15, -0.1) is 0 Å². The van der Waals surface area contributed by atoms with Gasteiger partial charge < -0.3 is 14.8 Å². The van der Waals surface area contributed by atoms with Gasteiger partial charge in [0, 0.05) is 39.1 Å². The zero-order valence-electron chi connectivity index (χ0n) is 11.7. The van der Waals surface area contributed by atoms with E-state index in [9.17, 15) is 0 Å². The summed E-state index contributed by atoms with van der Waals surface area (Å²) in [5.41, 5.74) is 1.07. The van der Waals surface area contributed by atoms with E-state index in [0.29, 0.717) is 12.6 Å². The number of hydrogen-bond donors (Lipinski definition) is 1. The van der Waals surface area contributed by atoms with Crippen molar-refractivity contribution >= 4 is 0 Å². The van der Waals surface area contributed by atoms with Crippen molar-refractivity contribution in [3.8, 4) is 0 Å². The van der Waals surface area contributed by atoms with Crippen molar-refractivity contribution in [3.05, 3.63) is 18.0 Å². The molecule has 5 heteroatoms. The molecule has 0 unspecified atom stereocenters. The molecule has 1 aromatic rings. The Morgan fingerprint density at radius 2 is 2.17 bits per heavy atom. The van der Waals surface area contributed by atoms with Crippen molar-refractivity contribution in [2.75, 3.05) is 26.9 Å². The monoisotopic (exact) mass is 255 g/mol. The molecule has 0 aliphatic heterocycles. The highest BCUT2D eigenvalue weighted by molar-refractivity contribution is 4.98. The van der Waals surface area contributed by atoms with Crippen molar-refractivity contribution in [1.29, 1.82) is 0 Å². The Labute approximate surface area is 109 Å². The lowest BCUT2D eigenvalue weighted by Crippen LogP contribution is -2.22. The topological polar surface area (TPSA) is 48.3 Å². The first-order valence-corrected chi connectivity index (χ1v) is 6.54. The fourth-order valence-electron chi connectivity index (χ4n) is 1.50. The van der Waals surface area contributed by atoms with Crippen LogP contribution in [0.1, 0.15) is 26.0 Å². The lowest BCUT2D eigenvalue weighted by molar-refractivity contribution is 0.0960. The molecule has 0 aliphatic carbocycles. The van der Waals surface area contributed by atoms with Gasteiger partial charge in [-0.2, -0.15) is 5.10 Å². The van der Waals surface area contributed by atoms with Gasteiger partial charge in [0.1, 0.15) is 0 Å². The summed E-state index contributed by atoms with van der Waals surface area (Å²) < 4.78 is 12.4. The molecule has 0 atom stereocenters. The van der Waals surface area contributed by atoms with Crippen LogP contribution in [0.2, 0.25) is 0 Å². The third-order valence-electron chi connectivity index (χ3n) is 2.49. The molecule has 104 valence electrons. The maximum absolute atomic E-state index is 5.49. The third-order valence-corrected chi connectivity index (χ3v) is 2.49.